The van der Waals surface area contributed by atoms with Gasteiger partial charge in [0, 0.05) is 5.56 Å². The predicted molar refractivity (Wildman–Crippen MR) is 46.3 cm³/mol. The number of hydrogen-bond donors (Lipinski definition) is 1. The summed E-state index contributed by atoms with van der Waals surface area (Å²) in [6, 6.07) is 0. The first-order valence-electron chi connectivity index (χ1n) is 3.61. The number of hydrogen-bond acceptors (Lipinski definition) is 1. The van der Waals surface area contributed by atoms with Crippen LogP contribution in [-0.4, -0.2) is 5.11 Å². The maximum Gasteiger partial charge on any atom is 0.123 e. The zero-order valence-electron chi connectivity index (χ0n) is 6.39. The van der Waals surface area contributed by atoms with Crippen molar-refractivity contribution in [2.45, 2.75) is 26.2 Å². The van der Waals surface area contributed by atoms with E-state index in [2.05, 4.69) is 19.6 Å². The fourth-order valence-corrected chi connectivity index (χ4v) is 2.00. The Morgan fingerprint density at radius 3 is 2.70 bits per heavy atom. The molecule has 56 valence electrons. The smallest absolute Gasteiger partial charge is 0.123 e. The Morgan fingerprint density at radius 2 is 2.30 bits per heavy atom. The van der Waals surface area contributed by atoms with E-state index in [1.165, 1.54) is 0 Å². The van der Waals surface area contributed by atoms with Crippen molar-refractivity contribution in [3.63, 3.8) is 0 Å². The van der Waals surface area contributed by atoms with E-state index in [0.29, 0.717) is 19.9 Å². The average Bonchev–Trinajstić information content (AvgIpc) is 2.34. The second-order valence-corrected chi connectivity index (χ2v) is 3.52. The maximum absolute atomic E-state index is 9.29. The van der Waals surface area contributed by atoms with Gasteiger partial charge in [-0.1, -0.05) is 13.8 Å². The molecule has 1 heterocycles. The third-order valence-corrected chi connectivity index (χ3v) is 2.82. The zero-order valence-corrected chi connectivity index (χ0v) is 7.39. The molecule has 0 aliphatic heterocycles. The Bertz CT molecular complexity index is 205. The lowest BCUT2D eigenvalue weighted by Crippen LogP contribution is -1.87. The van der Waals surface area contributed by atoms with E-state index in [1.54, 1.807) is 0 Å². The highest BCUT2D eigenvalue weighted by Gasteiger charge is 2.07. The third kappa shape index (κ3) is 1.35. The molecule has 0 spiro atoms. The van der Waals surface area contributed by atoms with Gasteiger partial charge in [0.1, 0.15) is 5.75 Å². The Hall–Kier alpha value is -0.420. The standard InChI is InChI=1S/C8H13OP/c1-3-6(2)7-4-10-5-8(7)9/h4-6,9-10H,3H2,1-2H3. The molecule has 1 aromatic rings. The molecule has 0 radical (unpaired) electrons. The lowest BCUT2D eigenvalue weighted by molar-refractivity contribution is 0.465. The van der Waals surface area contributed by atoms with Gasteiger partial charge in [-0.05, 0) is 23.9 Å². The summed E-state index contributed by atoms with van der Waals surface area (Å²) >= 11 is 0. The van der Waals surface area contributed by atoms with E-state index < -0.39 is 0 Å². The Kier molecular flexibility index (Phi) is 2.39. The molecule has 0 amide bonds. The zero-order chi connectivity index (χ0) is 7.56. The van der Waals surface area contributed by atoms with Crippen LogP contribution in [0, 0.1) is 0 Å². The van der Waals surface area contributed by atoms with Gasteiger partial charge in [-0.3, -0.25) is 0 Å². The molecule has 1 nitrogen and oxygen atoms in total. The summed E-state index contributed by atoms with van der Waals surface area (Å²) in [4.78, 5) is 0. The average molecular weight is 156 g/mol. The van der Waals surface area contributed by atoms with Crippen LogP contribution in [0.15, 0.2) is 11.6 Å². The van der Waals surface area contributed by atoms with Gasteiger partial charge in [-0.25, -0.2) is 0 Å². The van der Waals surface area contributed by atoms with Crippen molar-refractivity contribution in [1.29, 1.82) is 0 Å². The van der Waals surface area contributed by atoms with Gasteiger partial charge in [0.25, 0.3) is 0 Å². The van der Waals surface area contributed by atoms with Crippen LogP contribution in [0.25, 0.3) is 0 Å². The van der Waals surface area contributed by atoms with E-state index in [1.807, 2.05) is 5.80 Å². The molecule has 0 saturated heterocycles. The SMILES string of the molecule is CCC(C)c1c[pH]cc1O. The second-order valence-electron chi connectivity index (χ2n) is 2.61. The van der Waals surface area contributed by atoms with Gasteiger partial charge in [-0.2, -0.15) is 0 Å². The second kappa shape index (κ2) is 3.12. The molecule has 1 N–H and O–H groups in total. The fraction of sp³-hybridized carbons (Fsp3) is 0.500. The van der Waals surface area contributed by atoms with Gasteiger partial charge in [-0.15, -0.1) is 8.19 Å². The summed E-state index contributed by atoms with van der Waals surface area (Å²) in [6.45, 7) is 4.28. The van der Waals surface area contributed by atoms with E-state index in [4.69, 9.17) is 0 Å². The monoisotopic (exact) mass is 156 g/mol. The molecule has 2 unspecified atom stereocenters. The van der Waals surface area contributed by atoms with E-state index in [-0.39, 0.29) is 0 Å². The predicted octanol–water partition coefficient (Wildman–Crippen LogP) is 2.94. The van der Waals surface area contributed by atoms with Crippen LogP contribution in [0.2, 0.25) is 0 Å². The van der Waals surface area contributed by atoms with Crippen molar-refractivity contribution in [3.8, 4) is 5.75 Å². The maximum atomic E-state index is 9.29. The van der Waals surface area contributed by atoms with Crippen LogP contribution in [0.4, 0.5) is 0 Å². The minimum absolute atomic E-state index is 0.507. The quantitative estimate of drug-likeness (QED) is 0.697. The lowest BCUT2D eigenvalue weighted by Gasteiger charge is -2.05. The van der Waals surface area contributed by atoms with E-state index >= 15 is 0 Å². The molecular formula is C8H13OP. The first-order valence-corrected chi connectivity index (χ1v) is 4.76. The Labute approximate surface area is 63.2 Å². The molecule has 0 aliphatic carbocycles. The summed E-state index contributed by atoms with van der Waals surface area (Å²) in [7, 11) is 0.691. The van der Waals surface area contributed by atoms with Crippen molar-refractivity contribution in [3.05, 3.63) is 17.2 Å². The van der Waals surface area contributed by atoms with Crippen molar-refractivity contribution in [2.75, 3.05) is 0 Å². The first kappa shape index (κ1) is 7.68. The first-order chi connectivity index (χ1) is 4.75. The van der Waals surface area contributed by atoms with Crippen LogP contribution in [0.3, 0.4) is 0 Å². The number of rotatable bonds is 2. The van der Waals surface area contributed by atoms with Gasteiger partial charge < -0.3 is 5.11 Å². The van der Waals surface area contributed by atoms with E-state index in [0.717, 1.165) is 12.0 Å². The fourth-order valence-electron chi connectivity index (χ4n) is 0.982. The molecule has 0 saturated carbocycles. The highest BCUT2D eigenvalue weighted by atomic mass is 31.0. The summed E-state index contributed by atoms with van der Waals surface area (Å²) in [5, 5.41) is 9.29. The van der Waals surface area contributed by atoms with Crippen LogP contribution >= 0.6 is 8.19 Å². The summed E-state index contributed by atoms with van der Waals surface area (Å²) in [5.41, 5.74) is 1.14. The molecule has 0 bridgehead atoms. The molecule has 2 atom stereocenters. The Balaban J connectivity index is 2.82. The Morgan fingerprint density at radius 1 is 1.60 bits per heavy atom. The van der Waals surface area contributed by atoms with Gasteiger partial charge in [0.2, 0.25) is 0 Å². The molecule has 1 aromatic heterocycles. The molecule has 0 aliphatic rings. The van der Waals surface area contributed by atoms with Gasteiger partial charge in [0.05, 0.1) is 0 Å². The minimum Gasteiger partial charge on any atom is -0.507 e. The highest BCUT2D eigenvalue weighted by Crippen LogP contribution is 2.32. The lowest BCUT2D eigenvalue weighted by atomic mass is 10.0. The molecular weight excluding hydrogens is 143 g/mol. The summed E-state index contributed by atoms with van der Waals surface area (Å²) < 4.78 is 0. The molecule has 0 fully saturated rings. The van der Waals surface area contributed by atoms with Crippen molar-refractivity contribution < 1.29 is 5.11 Å². The molecule has 1 rings (SSSR count). The third-order valence-electron chi connectivity index (χ3n) is 1.90. The van der Waals surface area contributed by atoms with Crippen LogP contribution in [0.1, 0.15) is 31.7 Å². The van der Waals surface area contributed by atoms with Crippen molar-refractivity contribution in [1.82, 2.24) is 0 Å². The van der Waals surface area contributed by atoms with Crippen LogP contribution in [0.5, 0.6) is 5.75 Å². The normalized spacial score (nSPS) is 14.2. The summed E-state index contributed by atoms with van der Waals surface area (Å²) in [6.07, 6.45) is 1.11. The summed E-state index contributed by atoms with van der Waals surface area (Å²) in [5.74, 6) is 5.05. The number of aromatic hydroxyl groups is 1. The molecule has 0 aromatic carbocycles. The van der Waals surface area contributed by atoms with E-state index in [9.17, 15) is 5.11 Å². The van der Waals surface area contributed by atoms with Gasteiger partial charge >= 0.3 is 0 Å². The largest absolute Gasteiger partial charge is 0.507 e. The topological polar surface area (TPSA) is 20.2 Å². The molecule has 2 heteroatoms. The minimum atomic E-state index is 0.507. The van der Waals surface area contributed by atoms with Crippen molar-refractivity contribution >= 4 is 8.19 Å². The van der Waals surface area contributed by atoms with Crippen molar-refractivity contribution in [2.24, 2.45) is 0 Å². The van der Waals surface area contributed by atoms with Crippen LogP contribution in [-0.2, 0) is 0 Å². The highest BCUT2D eigenvalue weighted by molar-refractivity contribution is 7.28. The van der Waals surface area contributed by atoms with Gasteiger partial charge in [0.15, 0.2) is 0 Å². The van der Waals surface area contributed by atoms with Crippen LogP contribution < -0.4 is 0 Å². The molecule has 10 heavy (non-hydrogen) atoms.